The Kier molecular flexibility index (Phi) is 7.18. The molecule has 0 unspecified atom stereocenters. The summed E-state index contributed by atoms with van der Waals surface area (Å²) in [5, 5.41) is 0. The van der Waals surface area contributed by atoms with Crippen molar-refractivity contribution in [2.24, 2.45) is 5.41 Å². The Labute approximate surface area is 121 Å². The molecule has 0 amide bonds. The number of rotatable bonds is 8. The molecule has 4 nitrogen and oxygen atoms in total. The van der Waals surface area contributed by atoms with Crippen molar-refractivity contribution in [2.45, 2.75) is 32.9 Å². The molecule has 7 heteroatoms. The second-order valence-corrected chi connectivity index (χ2v) is 4.29. The molecule has 0 aromatic rings. The zero-order chi connectivity index (χ0) is 16.7. The Bertz CT molecular complexity index is 395. The maximum atomic E-state index is 12.7. The predicted molar refractivity (Wildman–Crippen MR) is 70.3 cm³/mol. The molecule has 0 aromatic heterocycles. The Balaban J connectivity index is 5.67. The van der Waals surface area contributed by atoms with Crippen LogP contribution in [0.1, 0.15) is 26.7 Å². The standard InChI is InChI=1S/C14H19F3O4/c1-5-8-13(11(18)20-6-2,12(19)21-7-3)9-10(4)14(15,16)17/h5H,1,4,6-9H2,2-3H3. The fraction of sp³-hybridized carbons (Fsp3) is 0.571. The number of halogens is 3. The van der Waals surface area contributed by atoms with E-state index in [-0.39, 0.29) is 19.6 Å². The van der Waals surface area contributed by atoms with Crippen molar-refractivity contribution >= 4 is 11.9 Å². The molecular formula is C14H19F3O4. The van der Waals surface area contributed by atoms with E-state index in [1.807, 2.05) is 0 Å². The molecule has 0 aliphatic heterocycles. The minimum Gasteiger partial charge on any atom is -0.465 e. The maximum absolute atomic E-state index is 12.7. The fourth-order valence-electron chi connectivity index (χ4n) is 1.72. The maximum Gasteiger partial charge on any atom is 0.412 e. The Morgan fingerprint density at radius 1 is 1.10 bits per heavy atom. The van der Waals surface area contributed by atoms with Gasteiger partial charge in [-0.1, -0.05) is 12.7 Å². The molecule has 0 saturated carbocycles. The Hall–Kier alpha value is -1.79. The molecule has 0 fully saturated rings. The van der Waals surface area contributed by atoms with E-state index in [9.17, 15) is 22.8 Å². The third kappa shape index (κ3) is 4.91. The van der Waals surface area contributed by atoms with E-state index < -0.39 is 35.5 Å². The van der Waals surface area contributed by atoms with Gasteiger partial charge in [0.15, 0.2) is 5.41 Å². The number of ether oxygens (including phenoxy) is 2. The average Bonchev–Trinajstić information content (AvgIpc) is 2.37. The second-order valence-electron chi connectivity index (χ2n) is 4.29. The molecule has 0 atom stereocenters. The molecular weight excluding hydrogens is 289 g/mol. The van der Waals surface area contributed by atoms with Crippen molar-refractivity contribution in [1.82, 2.24) is 0 Å². The first-order valence-electron chi connectivity index (χ1n) is 6.36. The fourth-order valence-corrected chi connectivity index (χ4v) is 1.72. The summed E-state index contributed by atoms with van der Waals surface area (Å²) in [7, 11) is 0. The van der Waals surface area contributed by atoms with Crippen LogP contribution in [0.15, 0.2) is 24.8 Å². The average molecular weight is 308 g/mol. The number of esters is 2. The van der Waals surface area contributed by atoms with E-state index in [0.717, 1.165) is 0 Å². The van der Waals surface area contributed by atoms with Crippen LogP contribution in [0.3, 0.4) is 0 Å². The first-order valence-corrected chi connectivity index (χ1v) is 6.36. The molecule has 0 N–H and O–H groups in total. The molecule has 0 aromatic carbocycles. The van der Waals surface area contributed by atoms with E-state index in [2.05, 4.69) is 13.2 Å². The van der Waals surface area contributed by atoms with Gasteiger partial charge in [0.05, 0.1) is 13.2 Å². The van der Waals surface area contributed by atoms with E-state index in [0.29, 0.717) is 0 Å². The Morgan fingerprint density at radius 2 is 1.52 bits per heavy atom. The van der Waals surface area contributed by atoms with Crippen molar-refractivity contribution in [3.05, 3.63) is 24.8 Å². The van der Waals surface area contributed by atoms with E-state index in [1.165, 1.54) is 19.9 Å². The molecule has 0 aliphatic carbocycles. The normalized spacial score (nSPS) is 11.7. The lowest BCUT2D eigenvalue weighted by molar-refractivity contribution is -0.173. The van der Waals surface area contributed by atoms with Gasteiger partial charge >= 0.3 is 18.1 Å². The highest BCUT2D eigenvalue weighted by molar-refractivity contribution is 6.00. The topological polar surface area (TPSA) is 52.6 Å². The minimum absolute atomic E-state index is 0.0738. The van der Waals surface area contributed by atoms with Crippen LogP contribution in [-0.4, -0.2) is 31.3 Å². The van der Waals surface area contributed by atoms with Crippen molar-refractivity contribution in [2.75, 3.05) is 13.2 Å². The highest BCUT2D eigenvalue weighted by Crippen LogP contribution is 2.39. The van der Waals surface area contributed by atoms with Crippen LogP contribution in [0.5, 0.6) is 0 Å². The number of carbonyl (C=O) groups is 2. The van der Waals surface area contributed by atoms with Gasteiger partial charge < -0.3 is 9.47 Å². The van der Waals surface area contributed by atoms with Crippen LogP contribution < -0.4 is 0 Å². The molecule has 0 radical (unpaired) electrons. The van der Waals surface area contributed by atoms with Crippen molar-refractivity contribution in [3.63, 3.8) is 0 Å². The van der Waals surface area contributed by atoms with Gasteiger partial charge in [-0.25, -0.2) is 0 Å². The van der Waals surface area contributed by atoms with Crippen LogP contribution >= 0.6 is 0 Å². The number of alkyl halides is 3. The van der Waals surface area contributed by atoms with Crippen LogP contribution in [0.25, 0.3) is 0 Å². The smallest absolute Gasteiger partial charge is 0.412 e. The summed E-state index contributed by atoms with van der Waals surface area (Å²) in [5.74, 6) is -2.15. The van der Waals surface area contributed by atoms with E-state index in [1.54, 1.807) is 0 Å². The van der Waals surface area contributed by atoms with Gasteiger partial charge in [-0.3, -0.25) is 9.59 Å². The molecule has 120 valence electrons. The van der Waals surface area contributed by atoms with Crippen LogP contribution in [0.4, 0.5) is 13.2 Å². The third-order valence-corrected chi connectivity index (χ3v) is 2.74. The highest BCUT2D eigenvalue weighted by Gasteiger charge is 2.51. The molecule has 0 bridgehead atoms. The lowest BCUT2D eigenvalue weighted by Crippen LogP contribution is -2.43. The lowest BCUT2D eigenvalue weighted by atomic mass is 9.78. The molecule has 0 saturated heterocycles. The van der Waals surface area contributed by atoms with Gasteiger partial charge in [0.1, 0.15) is 0 Å². The first-order chi connectivity index (χ1) is 9.65. The van der Waals surface area contributed by atoms with Crippen molar-refractivity contribution in [1.29, 1.82) is 0 Å². The van der Waals surface area contributed by atoms with Gasteiger partial charge in [0.2, 0.25) is 0 Å². The largest absolute Gasteiger partial charge is 0.465 e. The zero-order valence-electron chi connectivity index (χ0n) is 12.1. The summed E-state index contributed by atoms with van der Waals surface area (Å²) in [6, 6.07) is 0. The van der Waals surface area contributed by atoms with Gasteiger partial charge in [0, 0.05) is 12.0 Å². The minimum atomic E-state index is -4.72. The quantitative estimate of drug-likeness (QED) is 0.392. The molecule has 0 aliphatic rings. The van der Waals surface area contributed by atoms with Gasteiger partial charge in [-0.15, -0.1) is 6.58 Å². The summed E-state index contributed by atoms with van der Waals surface area (Å²) in [4.78, 5) is 24.1. The van der Waals surface area contributed by atoms with Crippen molar-refractivity contribution < 1.29 is 32.2 Å². The SMILES string of the molecule is C=CCC(CC(=C)C(F)(F)F)(C(=O)OCC)C(=O)OCC. The van der Waals surface area contributed by atoms with Gasteiger partial charge in [0.25, 0.3) is 0 Å². The summed E-state index contributed by atoms with van der Waals surface area (Å²) in [6.07, 6.45) is -4.80. The number of hydrogen-bond donors (Lipinski definition) is 0. The van der Waals surface area contributed by atoms with Gasteiger partial charge in [-0.05, 0) is 20.3 Å². The van der Waals surface area contributed by atoms with E-state index >= 15 is 0 Å². The van der Waals surface area contributed by atoms with Crippen LogP contribution in [-0.2, 0) is 19.1 Å². The summed E-state index contributed by atoms with van der Waals surface area (Å²) < 4.78 is 47.6. The lowest BCUT2D eigenvalue weighted by Gasteiger charge is -2.29. The van der Waals surface area contributed by atoms with Crippen LogP contribution in [0.2, 0.25) is 0 Å². The number of hydrogen-bond acceptors (Lipinski definition) is 4. The molecule has 0 rings (SSSR count). The Morgan fingerprint density at radius 3 is 1.81 bits per heavy atom. The molecule has 0 heterocycles. The summed E-state index contributed by atoms with van der Waals surface area (Å²) in [5.41, 5.74) is -3.31. The van der Waals surface area contributed by atoms with Gasteiger partial charge in [-0.2, -0.15) is 13.2 Å². The number of allylic oxidation sites excluding steroid dienone is 2. The predicted octanol–water partition coefficient (Wildman–Crippen LogP) is 3.18. The monoisotopic (exact) mass is 308 g/mol. The zero-order valence-corrected chi connectivity index (χ0v) is 12.1. The summed E-state index contributed by atoms with van der Waals surface area (Å²) >= 11 is 0. The second kappa shape index (κ2) is 7.85. The molecule has 0 spiro atoms. The first kappa shape index (κ1) is 19.2. The summed E-state index contributed by atoms with van der Waals surface area (Å²) in [6.45, 7) is 9.10. The van der Waals surface area contributed by atoms with Crippen molar-refractivity contribution in [3.8, 4) is 0 Å². The highest BCUT2D eigenvalue weighted by atomic mass is 19.4. The van der Waals surface area contributed by atoms with E-state index in [4.69, 9.17) is 9.47 Å². The third-order valence-electron chi connectivity index (χ3n) is 2.74. The van der Waals surface area contributed by atoms with Crippen LogP contribution in [0, 0.1) is 5.41 Å². The molecule has 21 heavy (non-hydrogen) atoms. The number of carbonyl (C=O) groups excluding carboxylic acids is 2.